The fourth-order valence-electron chi connectivity index (χ4n) is 0.764. The van der Waals surface area contributed by atoms with Gasteiger partial charge >= 0.3 is 0 Å². The number of aromatic nitrogens is 1. The number of hydrogen-bond acceptors (Lipinski definition) is 3. The van der Waals surface area contributed by atoms with Gasteiger partial charge in [0.2, 0.25) is 0 Å². The largest absolute Gasteiger partial charge is 0.396 e. The summed E-state index contributed by atoms with van der Waals surface area (Å²) in [7, 11) is 0. The van der Waals surface area contributed by atoms with Crippen LogP contribution in [0.5, 0.6) is 0 Å². The molecule has 4 heteroatoms. The molecule has 0 aliphatic heterocycles. The van der Waals surface area contributed by atoms with Gasteiger partial charge in [0.1, 0.15) is 0 Å². The molecule has 2 nitrogen and oxygen atoms in total. The van der Waals surface area contributed by atoms with Gasteiger partial charge in [-0.1, -0.05) is 6.92 Å². The van der Waals surface area contributed by atoms with Crippen LogP contribution < -0.4 is 0 Å². The van der Waals surface area contributed by atoms with Gasteiger partial charge in [0, 0.05) is 34.1 Å². The van der Waals surface area contributed by atoms with Crippen molar-refractivity contribution in [3.05, 3.63) is 22.9 Å². The number of aliphatic hydroxyl groups excluding tert-OH is 1. The molecule has 0 aliphatic rings. The molecule has 0 aromatic carbocycles. The molecule has 0 fully saturated rings. The smallest absolute Gasteiger partial charge is 0.0494 e. The summed E-state index contributed by atoms with van der Waals surface area (Å²) in [6.07, 6.45) is 3.56. The molecular formula is C9H12BrNOS. The summed E-state index contributed by atoms with van der Waals surface area (Å²) in [6, 6.07) is 1.97. The van der Waals surface area contributed by atoms with Crippen molar-refractivity contribution < 1.29 is 5.11 Å². The summed E-state index contributed by atoms with van der Waals surface area (Å²) in [4.78, 5) is 5.16. The van der Waals surface area contributed by atoms with Crippen molar-refractivity contribution in [2.45, 2.75) is 11.8 Å². The molecule has 1 rings (SSSR count). The van der Waals surface area contributed by atoms with E-state index in [1.807, 2.05) is 13.0 Å². The first-order chi connectivity index (χ1) is 6.24. The van der Waals surface area contributed by atoms with E-state index in [1.165, 1.54) is 4.90 Å². The van der Waals surface area contributed by atoms with Crippen molar-refractivity contribution in [2.75, 3.05) is 12.4 Å². The van der Waals surface area contributed by atoms with E-state index < -0.39 is 0 Å². The summed E-state index contributed by atoms with van der Waals surface area (Å²) >= 11 is 5.16. The Morgan fingerprint density at radius 3 is 3.08 bits per heavy atom. The third-order valence-electron chi connectivity index (χ3n) is 1.57. The Hall–Kier alpha value is -0.0600. The first-order valence-corrected chi connectivity index (χ1v) is 5.85. The second-order valence-corrected chi connectivity index (χ2v) is 4.82. The molecule has 1 heterocycles. The van der Waals surface area contributed by atoms with Gasteiger partial charge in [-0.3, -0.25) is 4.98 Å². The molecule has 0 amide bonds. The van der Waals surface area contributed by atoms with Crippen molar-refractivity contribution in [1.29, 1.82) is 0 Å². The Balaban J connectivity index is 2.50. The normalized spacial score (nSPS) is 12.8. The monoisotopic (exact) mass is 261 g/mol. The standard InChI is InChI=1S/C9H12BrNOS/c1-7(5-12)6-13-9-2-3-11-4-8(9)10/h2-4,7,12H,5-6H2,1H3. The maximum Gasteiger partial charge on any atom is 0.0494 e. The van der Waals surface area contributed by atoms with Crippen LogP contribution in [-0.4, -0.2) is 22.5 Å². The maximum atomic E-state index is 8.84. The van der Waals surface area contributed by atoms with Gasteiger partial charge in [0.05, 0.1) is 0 Å². The van der Waals surface area contributed by atoms with Crippen LogP contribution >= 0.6 is 27.7 Å². The Morgan fingerprint density at radius 1 is 1.69 bits per heavy atom. The van der Waals surface area contributed by atoms with E-state index in [4.69, 9.17) is 5.11 Å². The highest BCUT2D eigenvalue weighted by Crippen LogP contribution is 2.27. The SMILES string of the molecule is CC(CO)CSc1ccncc1Br. The summed E-state index contributed by atoms with van der Waals surface area (Å²) in [5.41, 5.74) is 0. The molecular weight excluding hydrogens is 250 g/mol. The summed E-state index contributed by atoms with van der Waals surface area (Å²) in [5, 5.41) is 8.84. The lowest BCUT2D eigenvalue weighted by Crippen LogP contribution is -2.03. The molecule has 0 spiro atoms. The Labute approximate surface area is 90.9 Å². The van der Waals surface area contributed by atoms with E-state index in [9.17, 15) is 0 Å². The number of thioether (sulfide) groups is 1. The molecule has 1 atom stereocenters. The average Bonchev–Trinajstić information content (AvgIpc) is 2.16. The van der Waals surface area contributed by atoms with Gasteiger partial charge in [0.15, 0.2) is 0 Å². The van der Waals surface area contributed by atoms with Gasteiger partial charge < -0.3 is 5.11 Å². The zero-order chi connectivity index (χ0) is 9.68. The zero-order valence-corrected chi connectivity index (χ0v) is 9.81. The van der Waals surface area contributed by atoms with E-state index in [1.54, 1.807) is 24.2 Å². The molecule has 0 saturated heterocycles. The second kappa shape index (κ2) is 5.62. The van der Waals surface area contributed by atoms with E-state index in [-0.39, 0.29) is 6.61 Å². The third-order valence-corrected chi connectivity index (χ3v) is 3.87. The van der Waals surface area contributed by atoms with Crippen molar-refractivity contribution in [3.8, 4) is 0 Å². The topological polar surface area (TPSA) is 33.1 Å². The van der Waals surface area contributed by atoms with Crippen LogP contribution in [0.4, 0.5) is 0 Å². The quantitative estimate of drug-likeness (QED) is 0.846. The molecule has 72 valence electrons. The number of aliphatic hydroxyl groups is 1. The van der Waals surface area contributed by atoms with Crippen LogP contribution in [-0.2, 0) is 0 Å². The van der Waals surface area contributed by atoms with Gasteiger partial charge in [-0.25, -0.2) is 0 Å². The first kappa shape index (κ1) is 11.0. The zero-order valence-electron chi connectivity index (χ0n) is 7.40. The highest BCUT2D eigenvalue weighted by atomic mass is 79.9. The van der Waals surface area contributed by atoms with Crippen molar-refractivity contribution in [2.24, 2.45) is 5.92 Å². The highest BCUT2D eigenvalue weighted by Gasteiger charge is 2.03. The van der Waals surface area contributed by atoms with Crippen LogP contribution in [0.1, 0.15) is 6.92 Å². The molecule has 1 aromatic rings. The molecule has 13 heavy (non-hydrogen) atoms. The highest BCUT2D eigenvalue weighted by molar-refractivity contribution is 9.10. The van der Waals surface area contributed by atoms with Crippen LogP contribution in [0.3, 0.4) is 0 Å². The predicted molar refractivity (Wildman–Crippen MR) is 58.9 cm³/mol. The predicted octanol–water partition coefficient (Wildman–Crippen LogP) is 2.56. The number of hydrogen-bond donors (Lipinski definition) is 1. The van der Waals surface area contributed by atoms with Crippen LogP contribution in [0, 0.1) is 5.92 Å². The van der Waals surface area contributed by atoms with Crippen LogP contribution in [0.15, 0.2) is 27.8 Å². The maximum absolute atomic E-state index is 8.84. The summed E-state index contributed by atoms with van der Waals surface area (Å²) < 4.78 is 1.02. The molecule has 0 bridgehead atoms. The van der Waals surface area contributed by atoms with E-state index in [2.05, 4.69) is 20.9 Å². The first-order valence-electron chi connectivity index (χ1n) is 4.07. The fourth-order valence-corrected chi connectivity index (χ4v) is 2.28. The minimum atomic E-state index is 0.246. The number of rotatable bonds is 4. The van der Waals surface area contributed by atoms with Gasteiger partial charge in [-0.05, 0) is 27.9 Å². The van der Waals surface area contributed by atoms with Gasteiger partial charge in [-0.15, -0.1) is 11.8 Å². The van der Waals surface area contributed by atoms with Crippen LogP contribution in [0.25, 0.3) is 0 Å². The van der Waals surface area contributed by atoms with Crippen LogP contribution in [0.2, 0.25) is 0 Å². The van der Waals surface area contributed by atoms with Crippen molar-refractivity contribution >= 4 is 27.7 Å². The fraction of sp³-hybridized carbons (Fsp3) is 0.444. The van der Waals surface area contributed by atoms with Gasteiger partial charge in [-0.2, -0.15) is 0 Å². The molecule has 1 unspecified atom stereocenters. The van der Waals surface area contributed by atoms with E-state index in [0.29, 0.717) is 5.92 Å². The number of nitrogens with zero attached hydrogens (tertiary/aromatic N) is 1. The summed E-state index contributed by atoms with van der Waals surface area (Å²) in [6.45, 7) is 2.28. The molecule has 1 N–H and O–H groups in total. The Kier molecular flexibility index (Phi) is 4.77. The molecule has 0 radical (unpaired) electrons. The van der Waals surface area contributed by atoms with E-state index in [0.717, 1.165) is 10.2 Å². The minimum Gasteiger partial charge on any atom is -0.396 e. The van der Waals surface area contributed by atoms with Crippen molar-refractivity contribution in [3.63, 3.8) is 0 Å². The second-order valence-electron chi connectivity index (χ2n) is 2.90. The average molecular weight is 262 g/mol. The van der Waals surface area contributed by atoms with E-state index >= 15 is 0 Å². The number of pyridine rings is 1. The molecule has 0 aliphatic carbocycles. The van der Waals surface area contributed by atoms with Gasteiger partial charge in [0.25, 0.3) is 0 Å². The van der Waals surface area contributed by atoms with Crippen molar-refractivity contribution in [1.82, 2.24) is 4.98 Å². The molecule has 1 aromatic heterocycles. The lowest BCUT2D eigenvalue weighted by atomic mass is 10.2. The Morgan fingerprint density at radius 2 is 2.46 bits per heavy atom. The summed E-state index contributed by atoms with van der Waals surface area (Å²) in [5.74, 6) is 1.27. The minimum absolute atomic E-state index is 0.246. The number of halogens is 1. The third kappa shape index (κ3) is 3.67. The lowest BCUT2D eigenvalue weighted by Gasteiger charge is -2.07. The Bertz CT molecular complexity index is 270. The molecule has 0 saturated carbocycles. The lowest BCUT2D eigenvalue weighted by molar-refractivity contribution is 0.250.